The molecule has 3 heteroatoms. The van der Waals surface area contributed by atoms with Crippen LogP contribution in [0.3, 0.4) is 0 Å². The molecule has 0 saturated carbocycles. The van der Waals surface area contributed by atoms with E-state index in [1.807, 2.05) is 25.2 Å². The molecule has 0 bridgehead atoms. The third-order valence-electron chi connectivity index (χ3n) is 1.95. The molecule has 74 valence electrons. The van der Waals surface area contributed by atoms with E-state index in [0.717, 1.165) is 6.42 Å². The summed E-state index contributed by atoms with van der Waals surface area (Å²) in [5.74, 6) is 0. The zero-order valence-electron chi connectivity index (χ0n) is 7.73. The van der Waals surface area contributed by atoms with Gasteiger partial charge in [0.2, 0.25) is 0 Å². The van der Waals surface area contributed by atoms with Crippen molar-refractivity contribution in [1.29, 1.82) is 0 Å². The van der Waals surface area contributed by atoms with Gasteiger partial charge in [0.05, 0.1) is 6.61 Å². The Morgan fingerprint density at radius 2 is 1.92 bits per heavy atom. The van der Waals surface area contributed by atoms with Crippen LogP contribution >= 0.6 is 12.4 Å². The summed E-state index contributed by atoms with van der Waals surface area (Å²) < 4.78 is 0. The number of aliphatic hydroxyl groups excluding tert-OH is 1. The average molecular weight is 202 g/mol. The number of halogens is 1. The van der Waals surface area contributed by atoms with Crippen molar-refractivity contribution in [2.24, 2.45) is 0 Å². The fraction of sp³-hybridized carbons (Fsp3) is 0.400. The van der Waals surface area contributed by atoms with Crippen LogP contribution in [0.4, 0.5) is 0 Å². The lowest BCUT2D eigenvalue weighted by Gasteiger charge is -2.12. The summed E-state index contributed by atoms with van der Waals surface area (Å²) in [6.07, 6.45) is 0.883. The number of likely N-dealkylation sites (N-methyl/N-ethyl adjacent to an activating group) is 1. The van der Waals surface area contributed by atoms with Gasteiger partial charge < -0.3 is 10.4 Å². The van der Waals surface area contributed by atoms with Crippen molar-refractivity contribution < 1.29 is 5.11 Å². The predicted molar refractivity (Wildman–Crippen MR) is 57.3 cm³/mol. The first-order valence-corrected chi connectivity index (χ1v) is 4.19. The van der Waals surface area contributed by atoms with Crippen LogP contribution in [-0.4, -0.2) is 24.8 Å². The molecule has 1 rings (SSSR count). The predicted octanol–water partition coefficient (Wildman–Crippen LogP) is 1.23. The second-order valence-electron chi connectivity index (χ2n) is 2.86. The monoisotopic (exact) mass is 201 g/mol. The van der Waals surface area contributed by atoms with Gasteiger partial charge in [-0.25, -0.2) is 0 Å². The molecule has 0 aliphatic carbocycles. The summed E-state index contributed by atoms with van der Waals surface area (Å²) in [7, 11) is 1.86. The van der Waals surface area contributed by atoms with Gasteiger partial charge in [0, 0.05) is 6.04 Å². The smallest absolute Gasteiger partial charge is 0.0587 e. The highest BCUT2D eigenvalue weighted by Crippen LogP contribution is 2.01. The summed E-state index contributed by atoms with van der Waals surface area (Å²) in [5.41, 5.74) is 1.26. The van der Waals surface area contributed by atoms with E-state index < -0.39 is 0 Å². The van der Waals surface area contributed by atoms with Gasteiger partial charge >= 0.3 is 0 Å². The maximum absolute atomic E-state index is 8.92. The zero-order valence-corrected chi connectivity index (χ0v) is 8.55. The summed E-state index contributed by atoms with van der Waals surface area (Å²) in [6.45, 7) is 0.186. The van der Waals surface area contributed by atoms with Gasteiger partial charge in [-0.05, 0) is 19.0 Å². The molecule has 0 aliphatic rings. The van der Waals surface area contributed by atoms with Crippen LogP contribution in [0.15, 0.2) is 30.3 Å². The summed E-state index contributed by atoms with van der Waals surface area (Å²) in [5, 5.41) is 12.0. The number of hydrogen-bond donors (Lipinski definition) is 2. The molecule has 1 aromatic carbocycles. The Labute approximate surface area is 85.4 Å². The molecular weight excluding hydrogens is 186 g/mol. The Bertz CT molecular complexity index is 211. The minimum absolute atomic E-state index is 0. The molecule has 0 aliphatic heterocycles. The number of nitrogens with one attached hydrogen (secondary N) is 1. The van der Waals surface area contributed by atoms with Crippen LogP contribution in [0.25, 0.3) is 0 Å². The van der Waals surface area contributed by atoms with Gasteiger partial charge in [-0.3, -0.25) is 0 Å². The molecule has 1 aromatic rings. The lowest BCUT2D eigenvalue weighted by Crippen LogP contribution is -2.31. The normalized spacial score (nSPS) is 11.8. The SMILES string of the molecule is CNC(CO)Cc1ccccc1.Cl. The maximum Gasteiger partial charge on any atom is 0.0587 e. The second kappa shape index (κ2) is 6.89. The first-order chi connectivity index (χ1) is 5.86. The lowest BCUT2D eigenvalue weighted by molar-refractivity contribution is 0.248. The third-order valence-corrected chi connectivity index (χ3v) is 1.95. The van der Waals surface area contributed by atoms with Gasteiger partial charge in [-0.2, -0.15) is 0 Å². The fourth-order valence-corrected chi connectivity index (χ4v) is 1.16. The van der Waals surface area contributed by atoms with E-state index in [1.165, 1.54) is 5.56 Å². The van der Waals surface area contributed by atoms with E-state index in [-0.39, 0.29) is 25.1 Å². The second-order valence-corrected chi connectivity index (χ2v) is 2.86. The molecule has 0 heterocycles. The molecule has 13 heavy (non-hydrogen) atoms. The highest BCUT2D eigenvalue weighted by molar-refractivity contribution is 5.85. The first-order valence-electron chi connectivity index (χ1n) is 4.19. The number of hydrogen-bond acceptors (Lipinski definition) is 2. The van der Waals surface area contributed by atoms with Gasteiger partial charge in [0.15, 0.2) is 0 Å². The Hall–Kier alpha value is -0.570. The largest absolute Gasteiger partial charge is 0.395 e. The molecule has 0 fully saturated rings. The number of rotatable bonds is 4. The first kappa shape index (κ1) is 12.4. The van der Waals surface area contributed by atoms with Crippen LogP contribution in [0, 0.1) is 0 Å². The van der Waals surface area contributed by atoms with E-state index >= 15 is 0 Å². The Balaban J connectivity index is 0.00000144. The van der Waals surface area contributed by atoms with E-state index in [4.69, 9.17) is 5.11 Å². The Kier molecular flexibility index (Phi) is 6.59. The van der Waals surface area contributed by atoms with Crippen LogP contribution in [0.5, 0.6) is 0 Å². The van der Waals surface area contributed by atoms with Gasteiger partial charge in [0.1, 0.15) is 0 Å². The molecule has 0 radical (unpaired) electrons. The fourth-order valence-electron chi connectivity index (χ4n) is 1.16. The Morgan fingerprint density at radius 1 is 1.31 bits per heavy atom. The summed E-state index contributed by atoms with van der Waals surface area (Å²) in [6, 6.07) is 10.3. The summed E-state index contributed by atoms with van der Waals surface area (Å²) in [4.78, 5) is 0. The van der Waals surface area contributed by atoms with Crippen molar-refractivity contribution in [3.05, 3.63) is 35.9 Å². The highest BCUT2D eigenvalue weighted by Gasteiger charge is 2.03. The van der Waals surface area contributed by atoms with Crippen molar-refractivity contribution in [2.45, 2.75) is 12.5 Å². The highest BCUT2D eigenvalue weighted by atomic mass is 35.5. The quantitative estimate of drug-likeness (QED) is 0.768. The van der Waals surface area contributed by atoms with E-state index in [9.17, 15) is 0 Å². The van der Waals surface area contributed by atoms with Crippen molar-refractivity contribution in [3.63, 3.8) is 0 Å². The minimum atomic E-state index is 0. The number of aliphatic hydroxyl groups is 1. The van der Waals surface area contributed by atoms with E-state index in [0.29, 0.717) is 0 Å². The lowest BCUT2D eigenvalue weighted by atomic mass is 10.1. The maximum atomic E-state index is 8.92. The minimum Gasteiger partial charge on any atom is -0.395 e. The Morgan fingerprint density at radius 3 is 2.38 bits per heavy atom. The van der Waals surface area contributed by atoms with E-state index in [2.05, 4.69) is 17.4 Å². The third kappa shape index (κ3) is 4.27. The number of benzene rings is 1. The van der Waals surface area contributed by atoms with E-state index in [1.54, 1.807) is 0 Å². The van der Waals surface area contributed by atoms with Crippen molar-refractivity contribution in [1.82, 2.24) is 5.32 Å². The molecular formula is C10H16ClNO. The molecule has 0 spiro atoms. The standard InChI is InChI=1S/C10H15NO.ClH/c1-11-10(8-12)7-9-5-3-2-4-6-9;/h2-6,10-12H,7-8H2,1H3;1H. The van der Waals surface area contributed by atoms with Gasteiger partial charge in [-0.15, -0.1) is 12.4 Å². The molecule has 2 nitrogen and oxygen atoms in total. The van der Waals surface area contributed by atoms with Crippen molar-refractivity contribution in [2.75, 3.05) is 13.7 Å². The average Bonchev–Trinajstić information content (AvgIpc) is 2.16. The zero-order chi connectivity index (χ0) is 8.81. The molecule has 0 saturated heterocycles. The van der Waals surface area contributed by atoms with Crippen molar-refractivity contribution in [3.8, 4) is 0 Å². The van der Waals surface area contributed by atoms with Gasteiger partial charge in [0.25, 0.3) is 0 Å². The molecule has 2 N–H and O–H groups in total. The molecule has 0 amide bonds. The van der Waals surface area contributed by atoms with Gasteiger partial charge in [-0.1, -0.05) is 30.3 Å². The van der Waals surface area contributed by atoms with Crippen LogP contribution < -0.4 is 5.32 Å². The molecule has 0 aromatic heterocycles. The van der Waals surface area contributed by atoms with Crippen LogP contribution in [0.1, 0.15) is 5.56 Å². The summed E-state index contributed by atoms with van der Waals surface area (Å²) >= 11 is 0. The molecule has 1 atom stereocenters. The van der Waals surface area contributed by atoms with Crippen LogP contribution in [0.2, 0.25) is 0 Å². The van der Waals surface area contributed by atoms with Crippen LogP contribution in [-0.2, 0) is 6.42 Å². The van der Waals surface area contributed by atoms with Crippen molar-refractivity contribution >= 4 is 12.4 Å². The molecule has 1 unspecified atom stereocenters. The topological polar surface area (TPSA) is 32.3 Å².